The van der Waals surface area contributed by atoms with Crippen LogP contribution in [-0.4, -0.2) is 58.1 Å². The Balaban J connectivity index is 4.40. The van der Waals surface area contributed by atoms with Gasteiger partial charge in [0.15, 0.2) is 0 Å². The van der Waals surface area contributed by atoms with Gasteiger partial charge in [-0.1, -0.05) is 0 Å². The van der Waals surface area contributed by atoms with Crippen LogP contribution in [0.2, 0.25) is 0 Å². The fourth-order valence-corrected chi connectivity index (χ4v) is 2.53. The van der Waals surface area contributed by atoms with E-state index in [0.29, 0.717) is 0 Å². The highest BCUT2D eigenvalue weighted by molar-refractivity contribution is 7.89. The third-order valence-electron chi connectivity index (χ3n) is 2.25. The molecule has 0 saturated carbocycles. The van der Waals surface area contributed by atoms with Crippen molar-refractivity contribution in [2.45, 2.75) is 25.3 Å². The molecule has 1 atom stereocenters. The van der Waals surface area contributed by atoms with E-state index in [1.807, 2.05) is 4.72 Å². The number of carbonyl (C=O) groups excluding carboxylic acids is 1. The zero-order chi connectivity index (χ0) is 14.9. The number of ether oxygens (including phenoxy) is 2. The molecule has 112 valence electrons. The fourth-order valence-electron chi connectivity index (χ4n) is 1.27. The zero-order valence-electron chi connectivity index (χ0n) is 10.9. The first kappa shape index (κ1) is 17.8. The van der Waals surface area contributed by atoms with Crippen molar-refractivity contribution in [3.05, 3.63) is 0 Å². The van der Waals surface area contributed by atoms with E-state index in [4.69, 9.17) is 9.84 Å². The van der Waals surface area contributed by atoms with Crippen molar-refractivity contribution in [2.24, 2.45) is 0 Å². The van der Waals surface area contributed by atoms with Crippen molar-refractivity contribution >= 4 is 22.0 Å². The van der Waals surface area contributed by atoms with Crippen LogP contribution in [0.25, 0.3) is 0 Å². The Kier molecular flexibility index (Phi) is 8.28. The molecule has 0 aromatic carbocycles. The van der Waals surface area contributed by atoms with Crippen LogP contribution in [0.1, 0.15) is 19.3 Å². The highest BCUT2D eigenvalue weighted by Gasteiger charge is 2.24. The minimum atomic E-state index is -3.72. The van der Waals surface area contributed by atoms with Crippen LogP contribution in [0.15, 0.2) is 0 Å². The van der Waals surface area contributed by atoms with Crippen molar-refractivity contribution in [3.8, 4) is 0 Å². The zero-order valence-corrected chi connectivity index (χ0v) is 11.7. The second kappa shape index (κ2) is 8.83. The standard InChI is InChI=1S/C10H19NO7S/c1-17-6-3-7-19(15,16)11-8(10(13)14)4-5-9(12)18-2/h8,11H,3-7H2,1-2H3,(H,13,14). The molecule has 0 saturated heterocycles. The molecule has 1 unspecified atom stereocenters. The Hall–Kier alpha value is -1.19. The number of carbonyl (C=O) groups is 2. The maximum Gasteiger partial charge on any atom is 0.321 e. The number of nitrogens with one attached hydrogen (secondary N) is 1. The molecule has 0 amide bonds. The molecular weight excluding hydrogens is 278 g/mol. The molecular formula is C10H19NO7S. The first-order valence-electron chi connectivity index (χ1n) is 5.61. The summed E-state index contributed by atoms with van der Waals surface area (Å²) in [6, 6.07) is -1.34. The monoisotopic (exact) mass is 297 g/mol. The Labute approximate surface area is 112 Å². The van der Waals surface area contributed by atoms with Gasteiger partial charge >= 0.3 is 11.9 Å². The normalized spacial score (nSPS) is 12.9. The van der Waals surface area contributed by atoms with Crippen molar-refractivity contribution in [2.75, 3.05) is 26.6 Å². The highest BCUT2D eigenvalue weighted by Crippen LogP contribution is 2.02. The average Bonchev–Trinajstić information content (AvgIpc) is 2.33. The molecule has 8 nitrogen and oxygen atoms in total. The molecule has 2 N–H and O–H groups in total. The summed E-state index contributed by atoms with van der Waals surface area (Å²) in [5, 5.41) is 8.89. The van der Waals surface area contributed by atoms with Gasteiger partial charge in [-0.25, -0.2) is 13.1 Å². The summed E-state index contributed by atoms with van der Waals surface area (Å²) in [5.41, 5.74) is 0. The van der Waals surface area contributed by atoms with Gasteiger partial charge in [0.1, 0.15) is 6.04 Å². The van der Waals surface area contributed by atoms with E-state index in [1.165, 1.54) is 14.2 Å². The Morgan fingerprint density at radius 2 is 1.95 bits per heavy atom. The van der Waals surface area contributed by atoms with Gasteiger partial charge in [-0.15, -0.1) is 0 Å². The predicted octanol–water partition coefficient (Wildman–Crippen LogP) is -0.651. The van der Waals surface area contributed by atoms with Gasteiger partial charge in [-0.05, 0) is 12.8 Å². The lowest BCUT2D eigenvalue weighted by Gasteiger charge is -2.14. The molecule has 0 radical (unpaired) electrons. The maximum absolute atomic E-state index is 11.6. The average molecular weight is 297 g/mol. The number of hydrogen-bond donors (Lipinski definition) is 2. The molecule has 0 aliphatic carbocycles. The van der Waals surface area contributed by atoms with Gasteiger partial charge in [0.2, 0.25) is 10.0 Å². The summed E-state index contributed by atoms with van der Waals surface area (Å²) in [5.74, 6) is -2.16. The van der Waals surface area contributed by atoms with Gasteiger partial charge in [0, 0.05) is 20.1 Å². The van der Waals surface area contributed by atoms with E-state index >= 15 is 0 Å². The van der Waals surface area contributed by atoms with Gasteiger partial charge in [-0.2, -0.15) is 0 Å². The van der Waals surface area contributed by atoms with Crippen molar-refractivity contribution in [1.82, 2.24) is 4.72 Å². The van der Waals surface area contributed by atoms with Crippen molar-refractivity contribution in [1.29, 1.82) is 0 Å². The molecule has 0 bridgehead atoms. The van der Waals surface area contributed by atoms with Crippen LogP contribution in [0.4, 0.5) is 0 Å². The predicted molar refractivity (Wildman–Crippen MR) is 66.1 cm³/mol. The summed E-state index contributed by atoms with van der Waals surface area (Å²) in [6.07, 6.45) is -0.0747. The fraction of sp³-hybridized carbons (Fsp3) is 0.800. The van der Waals surface area contributed by atoms with E-state index in [-0.39, 0.29) is 31.6 Å². The van der Waals surface area contributed by atoms with E-state index < -0.39 is 28.0 Å². The van der Waals surface area contributed by atoms with Crippen molar-refractivity contribution < 1.29 is 32.6 Å². The lowest BCUT2D eigenvalue weighted by Crippen LogP contribution is -2.42. The van der Waals surface area contributed by atoms with E-state index in [1.54, 1.807) is 0 Å². The number of hydrogen-bond acceptors (Lipinski definition) is 6. The lowest BCUT2D eigenvalue weighted by molar-refractivity contribution is -0.142. The summed E-state index contributed by atoms with van der Waals surface area (Å²) >= 11 is 0. The molecule has 0 heterocycles. The van der Waals surface area contributed by atoms with Crippen molar-refractivity contribution in [3.63, 3.8) is 0 Å². The van der Waals surface area contributed by atoms with Gasteiger partial charge in [0.05, 0.1) is 12.9 Å². The lowest BCUT2D eigenvalue weighted by atomic mass is 10.2. The van der Waals surface area contributed by atoms with Gasteiger partial charge < -0.3 is 14.6 Å². The Morgan fingerprint density at radius 1 is 1.32 bits per heavy atom. The van der Waals surface area contributed by atoms with Crippen LogP contribution < -0.4 is 4.72 Å². The summed E-state index contributed by atoms with van der Waals surface area (Å²) < 4.78 is 34.3. The van der Waals surface area contributed by atoms with Crippen LogP contribution in [0.5, 0.6) is 0 Å². The van der Waals surface area contributed by atoms with Crippen LogP contribution in [0, 0.1) is 0 Å². The van der Waals surface area contributed by atoms with E-state index in [2.05, 4.69) is 4.74 Å². The smallest absolute Gasteiger partial charge is 0.321 e. The molecule has 0 rings (SSSR count). The first-order valence-corrected chi connectivity index (χ1v) is 7.26. The van der Waals surface area contributed by atoms with Gasteiger partial charge in [0.25, 0.3) is 0 Å². The largest absolute Gasteiger partial charge is 0.480 e. The minimum absolute atomic E-state index is 0.161. The van der Waals surface area contributed by atoms with Gasteiger partial charge in [-0.3, -0.25) is 9.59 Å². The number of carboxylic acids is 1. The number of aliphatic carboxylic acids is 1. The first-order chi connectivity index (χ1) is 8.82. The number of sulfonamides is 1. The quantitative estimate of drug-likeness (QED) is 0.406. The Bertz CT molecular complexity index is 393. The van der Waals surface area contributed by atoms with E-state index in [9.17, 15) is 18.0 Å². The number of carboxylic acid groups (broad SMARTS) is 1. The third-order valence-corrected chi connectivity index (χ3v) is 3.72. The van der Waals surface area contributed by atoms with E-state index in [0.717, 1.165) is 0 Å². The molecule has 0 spiro atoms. The topological polar surface area (TPSA) is 119 Å². The molecule has 9 heteroatoms. The van der Waals surface area contributed by atoms with Crippen LogP contribution in [0.3, 0.4) is 0 Å². The van der Waals surface area contributed by atoms with Crippen LogP contribution in [-0.2, 0) is 29.1 Å². The highest BCUT2D eigenvalue weighted by atomic mass is 32.2. The molecule has 0 aliphatic rings. The minimum Gasteiger partial charge on any atom is -0.480 e. The summed E-state index contributed by atoms with van der Waals surface area (Å²) in [4.78, 5) is 21.8. The Morgan fingerprint density at radius 3 is 2.42 bits per heavy atom. The molecule has 0 aliphatic heterocycles. The number of rotatable bonds is 10. The summed E-state index contributed by atoms with van der Waals surface area (Å²) in [7, 11) is -1.10. The molecule has 0 aromatic heterocycles. The second-order valence-corrected chi connectivity index (χ2v) is 5.66. The summed E-state index contributed by atoms with van der Waals surface area (Å²) in [6.45, 7) is 0.265. The third kappa shape index (κ3) is 8.51. The maximum atomic E-state index is 11.6. The molecule has 0 aromatic rings. The second-order valence-electron chi connectivity index (χ2n) is 3.79. The van der Waals surface area contributed by atoms with Crippen LogP contribution >= 0.6 is 0 Å². The number of esters is 1. The molecule has 19 heavy (non-hydrogen) atoms. The number of methoxy groups -OCH3 is 2. The SMILES string of the molecule is COCCCS(=O)(=O)NC(CCC(=O)OC)C(=O)O. The molecule has 0 fully saturated rings.